The van der Waals surface area contributed by atoms with E-state index in [4.69, 9.17) is 0 Å². The molecule has 1 aromatic heterocycles. The molecule has 22 heavy (non-hydrogen) atoms. The van der Waals surface area contributed by atoms with Crippen molar-refractivity contribution >= 4 is 21.7 Å². The van der Waals surface area contributed by atoms with Crippen LogP contribution in [0.3, 0.4) is 0 Å². The number of benzene rings is 1. The molecule has 3 nitrogen and oxygen atoms in total. The highest BCUT2D eigenvalue weighted by Crippen LogP contribution is 2.44. The lowest BCUT2D eigenvalue weighted by molar-refractivity contribution is 0.110. The molecule has 4 atom stereocenters. The summed E-state index contributed by atoms with van der Waals surface area (Å²) in [6.07, 6.45) is 7.51. The zero-order chi connectivity index (χ0) is 15.3. The van der Waals surface area contributed by atoms with Gasteiger partial charge in [-0.15, -0.1) is 0 Å². The molecule has 1 fully saturated rings. The highest BCUT2D eigenvalue weighted by molar-refractivity contribution is 7.84. The fourth-order valence-electron chi connectivity index (χ4n) is 4.60. The summed E-state index contributed by atoms with van der Waals surface area (Å²) in [6.45, 7) is 1.15. The zero-order valence-electron chi connectivity index (χ0n) is 13.3. The number of likely N-dealkylation sites (N-methyl/N-ethyl adjacent to an activating group) is 1. The topological polar surface area (TPSA) is 36.1 Å². The van der Waals surface area contributed by atoms with Crippen molar-refractivity contribution in [3.05, 3.63) is 35.5 Å². The van der Waals surface area contributed by atoms with Crippen molar-refractivity contribution in [2.45, 2.75) is 31.2 Å². The van der Waals surface area contributed by atoms with Crippen LogP contribution in [0.15, 0.2) is 24.4 Å². The molecule has 0 radical (unpaired) electrons. The van der Waals surface area contributed by atoms with E-state index >= 15 is 0 Å². The number of likely N-dealkylation sites (tertiary alicyclic amines) is 1. The van der Waals surface area contributed by atoms with Crippen LogP contribution in [0.2, 0.25) is 0 Å². The SMILES string of the molecule is CN1CC(CCS(C)=O)C[C@H]2c3cccc4[nH]cc(c34)C[C@@H]21. The summed E-state index contributed by atoms with van der Waals surface area (Å²) < 4.78 is 11.4. The number of aromatic amines is 1. The Bertz CT molecular complexity index is 723. The largest absolute Gasteiger partial charge is 0.361 e. The zero-order valence-corrected chi connectivity index (χ0v) is 14.2. The van der Waals surface area contributed by atoms with Crippen molar-refractivity contribution in [3.63, 3.8) is 0 Å². The maximum Gasteiger partial charge on any atom is 0.0459 e. The molecule has 0 saturated carbocycles. The van der Waals surface area contributed by atoms with E-state index in [9.17, 15) is 4.21 Å². The fourth-order valence-corrected chi connectivity index (χ4v) is 5.26. The third-order valence-electron chi connectivity index (χ3n) is 5.63. The van der Waals surface area contributed by atoms with E-state index in [2.05, 4.69) is 41.3 Å². The summed E-state index contributed by atoms with van der Waals surface area (Å²) >= 11 is 0. The number of rotatable bonds is 3. The molecule has 118 valence electrons. The molecule has 0 bridgehead atoms. The summed E-state index contributed by atoms with van der Waals surface area (Å²) in [5.41, 5.74) is 4.29. The standard InChI is InChI=1S/C18H24N2OS/c1-20-11-12(6-7-22(2)21)8-15-14-4-3-5-16-18(14)13(10-19-16)9-17(15)20/h3-5,10,12,15,17,19H,6-9,11H2,1-2H3/t12?,15-,17-,22?/m0/s1. The van der Waals surface area contributed by atoms with E-state index in [1.54, 1.807) is 0 Å². The first-order valence-corrected chi connectivity index (χ1v) is 9.95. The molecular formula is C18H24N2OS. The van der Waals surface area contributed by atoms with Crippen LogP contribution in [0.5, 0.6) is 0 Å². The second-order valence-electron chi connectivity index (χ2n) is 7.07. The molecule has 0 spiro atoms. The van der Waals surface area contributed by atoms with Gasteiger partial charge in [0, 0.05) is 58.4 Å². The number of hydrogen-bond donors (Lipinski definition) is 1. The fraction of sp³-hybridized carbons (Fsp3) is 0.556. The maximum atomic E-state index is 11.4. The van der Waals surface area contributed by atoms with Crippen LogP contribution < -0.4 is 0 Å². The van der Waals surface area contributed by atoms with Gasteiger partial charge in [-0.05, 0) is 49.4 Å². The van der Waals surface area contributed by atoms with Crippen molar-refractivity contribution in [2.24, 2.45) is 5.92 Å². The minimum absolute atomic E-state index is 0.622. The van der Waals surface area contributed by atoms with E-state index in [-0.39, 0.29) is 0 Å². The molecule has 1 aliphatic carbocycles. The lowest BCUT2D eigenvalue weighted by atomic mass is 9.72. The number of H-pyrrole nitrogens is 1. The Balaban J connectivity index is 1.67. The first kappa shape index (κ1) is 14.5. The Morgan fingerprint density at radius 3 is 3.09 bits per heavy atom. The molecule has 4 heteroatoms. The number of hydrogen-bond acceptors (Lipinski definition) is 2. The van der Waals surface area contributed by atoms with Gasteiger partial charge in [0.25, 0.3) is 0 Å². The molecular weight excluding hydrogens is 292 g/mol. The number of aromatic nitrogens is 1. The Morgan fingerprint density at radius 2 is 2.27 bits per heavy atom. The molecule has 2 aromatic rings. The van der Waals surface area contributed by atoms with Gasteiger partial charge in [-0.2, -0.15) is 0 Å². The minimum Gasteiger partial charge on any atom is -0.361 e. The molecule has 1 saturated heterocycles. The van der Waals surface area contributed by atoms with E-state index < -0.39 is 10.8 Å². The highest BCUT2D eigenvalue weighted by atomic mass is 32.2. The third-order valence-corrected chi connectivity index (χ3v) is 6.44. The van der Waals surface area contributed by atoms with Crippen molar-refractivity contribution in [3.8, 4) is 0 Å². The summed E-state index contributed by atoms with van der Waals surface area (Å²) in [5, 5.41) is 1.47. The average molecular weight is 316 g/mol. The van der Waals surface area contributed by atoms with Crippen LogP contribution in [0.1, 0.15) is 29.9 Å². The van der Waals surface area contributed by atoms with Gasteiger partial charge in [0.1, 0.15) is 0 Å². The van der Waals surface area contributed by atoms with Gasteiger partial charge in [0.05, 0.1) is 0 Å². The van der Waals surface area contributed by atoms with Gasteiger partial charge < -0.3 is 9.88 Å². The predicted octanol–water partition coefficient (Wildman–Crippen LogP) is 2.90. The monoisotopic (exact) mass is 316 g/mol. The number of nitrogens with one attached hydrogen (secondary N) is 1. The van der Waals surface area contributed by atoms with Crippen LogP contribution in [-0.4, -0.2) is 45.7 Å². The lowest BCUT2D eigenvalue weighted by Crippen LogP contribution is -2.48. The first-order valence-electron chi connectivity index (χ1n) is 8.22. The predicted molar refractivity (Wildman–Crippen MR) is 92.8 cm³/mol. The second-order valence-corrected chi connectivity index (χ2v) is 8.62. The summed E-state index contributed by atoms with van der Waals surface area (Å²) in [5.74, 6) is 2.14. The van der Waals surface area contributed by atoms with E-state index in [0.29, 0.717) is 17.9 Å². The Morgan fingerprint density at radius 1 is 1.41 bits per heavy atom. The van der Waals surface area contributed by atoms with E-state index in [1.807, 2.05) is 6.26 Å². The summed E-state index contributed by atoms with van der Waals surface area (Å²) in [4.78, 5) is 5.98. The van der Waals surface area contributed by atoms with Crippen molar-refractivity contribution in [2.75, 3.05) is 25.6 Å². The molecule has 1 N–H and O–H groups in total. The third kappa shape index (κ3) is 2.33. The smallest absolute Gasteiger partial charge is 0.0459 e. The van der Waals surface area contributed by atoms with Gasteiger partial charge >= 0.3 is 0 Å². The van der Waals surface area contributed by atoms with Crippen LogP contribution >= 0.6 is 0 Å². The van der Waals surface area contributed by atoms with Crippen LogP contribution in [0, 0.1) is 5.92 Å². The van der Waals surface area contributed by atoms with Crippen LogP contribution in [0.25, 0.3) is 10.9 Å². The van der Waals surface area contributed by atoms with Crippen molar-refractivity contribution < 1.29 is 4.21 Å². The Hall–Kier alpha value is -1.13. The molecule has 1 aromatic carbocycles. The normalized spacial score (nSPS) is 29.5. The molecule has 4 rings (SSSR count). The average Bonchev–Trinajstić information content (AvgIpc) is 2.91. The Kier molecular flexibility index (Phi) is 3.61. The molecule has 0 amide bonds. The summed E-state index contributed by atoms with van der Waals surface area (Å²) in [7, 11) is 1.60. The van der Waals surface area contributed by atoms with Gasteiger partial charge in [0.15, 0.2) is 0 Å². The molecule has 1 aliphatic heterocycles. The van der Waals surface area contributed by atoms with E-state index in [0.717, 1.165) is 25.1 Å². The van der Waals surface area contributed by atoms with Gasteiger partial charge in [-0.1, -0.05) is 12.1 Å². The van der Waals surface area contributed by atoms with E-state index in [1.165, 1.54) is 28.5 Å². The number of piperidine rings is 1. The first-order chi connectivity index (χ1) is 10.6. The van der Waals surface area contributed by atoms with Gasteiger partial charge in [-0.3, -0.25) is 4.21 Å². The van der Waals surface area contributed by atoms with Gasteiger partial charge in [-0.25, -0.2) is 0 Å². The van der Waals surface area contributed by atoms with Gasteiger partial charge in [0.2, 0.25) is 0 Å². The second kappa shape index (κ2) is 5.50. The van der Waals surface area contributed by atoms with Crippen LogP contribution in [-0.2, 0) is 17.2 Å². The lowest BCUT2D eigenvalue weighted by Gasteiger charge is -2.45. The Labute approximate surface area is 134 Å². The number of nitrogens with zero attached hydrogens (tertiary/aromatic N) is 1. The quantitative estimate of drug-likeness (QED) is 0.945. The van der Waals surface area contributed by atoms with Crippen LogP contribution in [0.4, 0.5) is 0 Å². The molecule has 2 heterocycles. The molecule has 2 unspecified atom stereocenters. The van der Waals surface area contributed by atoms with Crippen molar-refractivity contribution in [1.82, 2.24) is 9.88 Å². The highest BCUT2D eigenvalue weighted by Gasteiger charge is 2.39. The van der Waals surface area contributed by atoms with Crippen molar-refractivity contribution in [1.29, 1.82) is 0 Å². The minimum atomic E-state index is -0.670. The molecule has 2 aliphatic rings. The summed E-state index contributed by atoms with van der Waals surface area (Å²) in [6, 6.07) is 7.32. The maximum absolute atomic E-state index is 11.4. The number of fused-ring (bicyclic) bond motifs is 2.